The molecule has 9 nitrogen and oxygen atoms in total. The Morgan fingerprint density at radius 1 is 1.03 bits per heavy atom. The Bertz CT molecular complexity index is 1560. The molecule has 162 valence electrons. The third-order valence-corrected chi connectivity index (χ3v) is 5.52. The first-order valence-corrected chi connectivity index (χ1v) is 10.7. The van der Waals surface area contributed by atoms with Gasteiger partial charge >= 0.3 is 0 Å². The summed E-state index contributed by atoms with van der Waals surface area (Å²) in [4.78, 5) is 21.8. The SMILES string of the molecule is CCNCc1cncc(-c2ccc3[nH]nc(-c4nc5c(-c6ccoc6)ccnc5[nH]4)c3n2)c1. The van der Waals surface area contributed by atoms with Crippen molar-refractivity contribution in [2.75, 3.05) is 6.54 Å². The van der Waals surface area contributed by atoms with Gasteiger partial charge in [-0.25, -0.2) is 15.0 Å². The molecule has 0 aromatic carbocycles. The molecule has 0 saturated heterocycles. The van der Waals surface area contributed by atoms with Crippen LogP contribution in [0.25, 0.3) is 56.1 Å². The molecule has 3 N–H and O–H groups in total. The van der Waals surface area contributed by atoms with E-state index in [9.17, 15) is 0 Å². The van der Waals surface area contributed by atoms with Crippen LogP contribution in [0.2, 0.25) is 0 Å². The van der Waals surface area contributed by atoms with Gasteiger partial charge in [0.05, 0.1) is 23.7 Å². The number of pyridine rings is 3. The summed E-state index contributed by atoms with van der Waals surface area (Å²) in [6, 6.07) is 9.87. The number of hydrogen-bond donors (Lipinski definition) is 3. The van der Waals surface area contributed by atoms with E-state index in [1.807, 2.05) is 36.7 Å². The van der Waals surface area contributed by atoms with Gasteiger partial charge in [0.1, 0.15) is 11.0 Å². The third kappa shape index (κ3) is 3.44. The van der Waals surface area contributed by atoms with Crippen LogP contribution in [0.5, 0.6) is 0 Å². The predicted molar refractivity (Wildman–Crippen MR) is 125 cm³/mol. The molecule has 0 saturated carbocycles. The van der Waals surface area contributed by atoms with Crippen LogP contribution in [0.4, 0.5) is 0 Å². The highest BCUT2D eigenvalue weighted by Crippen LogP contribution is 2.31. The minimum atomic E-state index is 0.600. The van der Waals surface area contributed by atoms with Crippen molar-refractivity contribution in [2.45, 2.75) is 13.5 Å². The van der Waals surface area contributed by atoms with Crippen LogP contribution in [0.15, 0.2) is 65.9 Å². The summed E-state index contributed by atoms with van der Waals surface area (Å²) in [6.07, 6.45) is 8.78. The zero-order chi connectivity index (χ0) is 22.2. The molecule has 6 rings (SSSR count). The summed E-state index contributed by atoms with van der Waals surface area (Å²) < 4.78 is 5.24. The molecule has 0 unspecified atom stereocenters. The van der Waals surface area contributed by atoms with E-state index in [0.29, 0.717) is 17.2 Å². The minimum absolute atomic E-state index is 0.600. The first-order chi connectivity index (χ1) is 16.3. The maximum atomic E-state index is 5.24. The summed E-state index contributed by atoms with van der Waals surface area (Å²) in [5.74, 6) is 0.600. The number of rotatable bonds is 6. The van der Waals surface area contributed by atoms with Gasteiger partial charge in [-0.3, -0.25) is 10.1 Å². The number of hydrogen-bond acceptors (Lipinski definition) is 7. The maximum Gasteiger partial charge on any atom is 0.162 e. The van der Waals surface area contributed by atoms with Crippen LogP contribution in [-0.2, 0) is 6.54 Å². The molecule has 0 bridgehead atoms. The van der Waals surface area contributed by atoms with Gasteiger partial charge in [-0.1, -0.05) is 6.92 Å². The third-order valence-electron chi connectivity index (χ3n) is 5.52. The fraction of sp³-hybridized carbons (Fsp3) is 0.125. The first-order valence-electron chi connectivity index (χ1n) is 10.7. The summed E-state index contributed by atoms with van der Waals surface area (Å²) in [6.45, 7) is 3.75. The number of furan rings is 1. The number of H-pyrrole nitrogens is 2. The molecule has 0 aliphatic rings. The zero-order valence-corrected chi connectivity index (χ0v) is 17.8. The zero-order valence-electron chi connectivity index (χ0n) is 17.8. The molecule has 0 amide bonds. The normalized spacial score (nSPS) is 11.5. The van der Waals surface area contributed by atoms with Gasteiger partial charge in [-0.2, -0.15) is 5.10 Å². The van der Waals surface area contributed by atoms with Gasteiger partial charge < -0.3 is 14.7 Å². The lowest BCUT2D eigenvalue weighted by Gasteiger charge is -2.05. The highest BCUT2D eigenvalue weighted by atomic mass is 16.3. The van der Waals surface area contributed by atoms with Crippen LogP contribution in [-0.4, -0.2) is 41.7 Å². The topological polar surface area (TPSA) is 121 Å². The average molecular weight is 436 g/mol. The first kappa shape index (κ1) is 19.3. The maximum absolute atomic E-state index is 5.24. The molecule has 0 fully saturated rings. The second-order valence-corrected chi connectivity index (χ2v) is 7.68. The quantitative estimate of drug-likeness (QED) is 0.355. The molecule has 33 heavy (non-hydrogen) atoms. The van der Waals surface area contributed by atoms with Crippen molar-refractivity contribution in [3.05, 3.63) is 67.0 Å². The van der Waals surface area contributed by atoms with E-state index in [4.69, 9.17) is 14.4 Å². The van der Waals surface area contributed by atoms with Crippen molar-refractivity contribution in [3.8, 4) is 33.9 Å². The molecule has 0 radical (unpaired) electrons. The summed E-state index contributed by atoms with van der Waals surface area (Å²) >= 11 is 0. The Hall–Kier alpha value is -4.37. The van der Waals surface area contributed by atoms with Crippen LogP contribution in [0.1, 0.15) is 12.5 Å². The van der Waals surface area contributed by atoms with Crippen molar-refractivity contribution < 1.29 is 4.42 Å². The molecule has 6 aromatic rings. The van der Waals surface area contributed by atoms with Gasteiger partial charge in [0.15, 0.2) is 17.2 Å². The Balaban J connectivity index is 1.44. The van der Waals surface area contributed by atoms with E-state index in [2.05, 4.69) is 43.5 Å². The smallest absolute Gasteiger partial charge is 0.162 e. The van der Waals surface area contributed by atoms with E-state index in [0.717, 1.165) is 57.6 Å². The molecule has 0 atom stereocenters. The summed E-state index contributed by atoms with van der Waals surface area (Å²) in [5.41, 5.74) is 8.39. The fourth-order valence-electron chi connectivity index (χ4n) is 3.89. The Morgan fingerprint density at radius 2 is 2.00 bits per heavy atom. The molecule has 0 aliphatic heterocycles. The van der Waals surface area contributed by atoms with Gasteiger partial charge in [-0.15, -0.1) is 0 Å². The Labute approximate surface area is 188 Å². The fourth-order valence-corrected chi connectivity index (χ4v) is 3.89. The number of aromatic amines is 2. The van der Waals surface area contributed by atoms with E-state index in [1.54, 1.807) is 18.7 Å². The lowest BCUT2D eigenvalue weighted by molar-refractivity contribution is 0.568. The number of nitrogens with zero attached hydrogens (tertiary/aromatic N) is 5. The number of aromatic nitrogens is 7. The van der Waals surface area contributed by atoms with Crippen LogP contribution in [0, 0.1) is 0 Å². The lowest BCUT2D eigenvalue weighted by Crippen LogP contribution is -2.11. The predicted octanol–water partition coefficient (Wildman–Crippen LogP) is 4.33. The highest BCUT2D eigenvalue weighted by Gasteiger charge is 2.17. The van der Waals surface area contributed by atoms with Crippen LogP contribution < -0.4 is 5.32 Å². The van der Waals surface area contributed by atoms with Crippen LogP contribution in [0.3, 0.4) is 0 Å². The number of nitrogens with one attached hydrogen (secondary N) is 3. The van der Waals surface area contributed by atoms with E-state index < -0.39 is 0 Å². The largest absolute Gasteiger partial charge is 0.472 e. The second-order valence-electron chi connectivity index (χ2n) is 7.68. The van der Waals surface area contributed by atoms with Gasteiger partial charge in [0.25, 0.3) is 0 Å². The van der Waals surface area contributed by atoms with Gasteiger partial charge in [0, 0.05) is 41.8 Å². The lowest BCUT2D eigenvalue weighted by atomic mass is 10.1. The minimum Gasteiger partial charge on any atom is -0.472 e. The van der Waals surface area contributed by atoms with E-state index >= 15 is 0 Å². The van der Waals surface area contributed by atoms with Gasteiger partial charge in [-0.05, 0) is 42.4 Å². The van der Waals surface area contributed by atoms with Crippen LogP contribution >= 0.6 is 0 Å². The van der Waals surface area contributed by atoms with Crippen molar-refractivity contribution in [1.82, 2.24) is 40.4 Å². The van der Waals surface area contributed by atoms with Crippen molar-refractivity contribution in [3.63, 3.8) is 0 Å². The highest BCUT2D eigenvalue weighted by molar-refractivity contribution is 5.94. The van der Waals surface area contributed by atoms with Gasteiger partial charge in [0.2, 0.25) is 0 Å². The van der Waals surface area contributed by atoms with Crippen molar-refractivity contribution in [2.24, 2.45) is 0 Å². The van der Waals surface area contributed by atoms with Crippen molar-refractivity contribution >= 4 is 22.2 Å². The molecule has 6 heterocycles. The van der Waals surface area contributed by atoms with E-state index in [1.165, 1.54) is 0 Å². The second kappa shape index (κ2) is 7.95. The average Bonchev–Trinajstić information content (AvgIpc) is 3.61. The molecule has 0 spiro atoms. The number of fused-ring (bicyclic) bond motifs is 2. The summed E-state index contributed by atoms with van der Waals surface area (Å²) in [7, 11) is 0. The molecule has 6 aromatic heterocycles. The monoisotopic (exact) mass is 436 g/mol. The molecular weight excluding hydrogens is 416 g/mol. The Morgan fingerprint density at radius 3 is 2.88 bits per heavy atom. The van der Waals surface area contributed by atoms with E-state index in [-0.39, 0.29) is 0 Å². The summed E-state index contributed by atoms with van der Waals surface area (Å²) in [5, 5.41) is 10.9. The molecular formula is C24H20N8O. The Kier molecular flexibility index (Phi) is 4.66. The number of imidazole rings is 1. The molecule has 9 heteroatoms. The standard InChI is InChI=1S/C24H20N8O/c1-2-25-10-14-9-16(12-26-11-14)18-3-4-19-21(28-18)22(32-31-19)24-29-20-17(15-6-8-33-13-15)5-7-27-23(20)30-24/h3-9,11-13,25H,2,10H2,1H3,(H,31,32)(H,27,29,30). The van der Waals surface area contributed by atoms with Crippen molar-refractivity contribution in [1.29, 1.82) is 0 Å². The molecule has 0 aliphatic carbocycles.